The maximum Gasteiger partial charge on any atom is 0.245 e. The van der Waals surface area contributed by atoms with Crippen molar-refractivity contribution >= 4 is 39.1 Å². The van der Waals surface area contributed by atoms with Gasteiger partial charge in [0.05, 0.1) is 11.6 Å². The minimum Gasteiger partial charge on any atom is -0.355 e. The normalized spacial score (nSPS) is 11.6. The molecule has 0 aromatic heterocycles. The highest BCUT2D eigenvalue weighted by molar-refractivity contribution is 7.89. The van der Waals surface area contributed by atoms with Crippen LogP contribution >= 0.6 is 23.2 Å². The van der Waals surface area contributed by atoms with Crippen LogP contribution < -0.4 is 5.32 Å². The zero-order valence-electron chi connectivity index (χ0n) is 13.9. The molecule has 0 saturated carbocycles. The van der Waals surface area contributed by atoms with E-state index in [2.05, 4.69) is 5.32 Å². The van der Waals surface area contributed by atoms with E-state index >= 15 is 0 Å². The van der Waals surface area contributed by atoms with Gasteiger partial charge in [-0.05, 0) is 42.8 Å². The number of hydrogen-bond donors (Lipinski definition) is 1. The first-order chi connectivity index (χ1) is 12.2. The van der Waals surface area contributed by atoms with E-state index in [4.69, 9.17) is 23.2 Å². The van der Waals surface area contributed by atoms with Crippen molar-refractivity contribution in [3.8, 4) is 0 Å². The lowest BCUT2D eigenvalue weighted by atomic mass is 10.2. The molecule has 0 aliphatic rings. The van der Waals surface area contributed by atoms with E-state index in [1.54, 1.807) is 6.92 Å². The summed E-state index contributed by atoms with van der Waals surface area (Å²) in [6, 6.07) is 9.42. The lowest BCUT2D eigenvalue weighted by Crippen LogP contribution is -2.40. The summed E-state index contributed by atoms with van der Waals surface area (Å²) in [5, 5.41) is 2.75. The summed E-state index contributed by atoms with van der Waals surface area (Å²) >= 11 is 11.9. The van der Waals surface area contributed by atoms with Gasteiger partial charge in [0.2, 0.25) is 15.9 Å². The fraction of sp³-hybridized carbons (Fsp3) is 0.235. The van der Waals surface area contributed by atoms with Crippen molar-refractivity contribution in [2.24, 2.45) is 0 Å². The van der Waals surface area contributed by atoms with Crippen molar-refractivity contribution < 1.29 is 17.6 Å². The molecular formula is C17H17Cl2FN2O3S. The molecule has 0 spiro atoms. The Labute approximate surface area is 161 Å². The van der Waals surface area contributed by atoms with Gasteiger partial charge in [-0.3, -0.25) is 4.79 Å². The minimum absolute atomic E-state index is 0.00518. The van der Waals surface area contributed by atoms with Gasteiger partial charge in [-0.1, -0.05) is 35.3 Å². The van der Waals surface area contributed by atoms with E-state index in [-0.39, 0.29) is 21.5 Å². The number of nitrogens with one attached hydrogen (secondary N) is 1. The second-order valence-electron chi connectivity index (χ2n) is 5.43. The SMILES string of the molecule is CCNC(=O)CN(Cc1ccc(F)cc1)S(=O)(=O)c1cc(Cl)ccc1Cl. The molecule has 1 N–H and O–H groups in total. The Kier molecular flexibility index (Phi) is 7.00. The van der Waals surface area contributed by atoms with Crippen LogP contribution in [-0.4, -0.2) is 31.7 Å². The average molecular weight is 419 g/mol. The lowest BCUT2D eigenvalue weighted by Gasteiger charge is -2.22. The molecule has 0 heterocycles. The van der Waals surface area contributed by atoms with Crippen LogP contribution in [-0.2, 0) is 21.4 Å². The van der Waals surface area contributed by atoms with Crippen LogP contribution in [0.2, 0.25) is 10.0 Å². The minimum atomic E-state index is -4.11. The van der Waals surface area contributed by atoms with Gasteiger partial charge >= 0.3 is 0 Å². The van der Waals surface area contributed by atoms with Gasteiger partial charge in [0.1, 0.15) is 10.7 Å². The molecule has 5 nitrogen and oxygen atoms in total. The third-order valence-electron chi connectivity index (χ3n) is 3.48. The molecule has 9 heteroatoms. The van der Waals surface area contributed by atoms with Crippen molar-refractivity contribution in [1.82, 2.24) is 9.62 Å². The van der Waals surface area contributed by atoms with Gasteiger partial charge in [0, 0.05) is 18.1 Å². The van der Waals surface area contributed by atoms with Crippen LogP contribution in [0.15, 0.2) is 47.4 Å². The van der Waals surface area contributed by atoms with Gasteiger partial charge in [-0.15, -0.1) is 0 Å². The maximum atomic E-state index is 13.1. The molecule has 0 atom stereocenters. The number of halogens is 3. The third-order valence-corrected chi connectivity index (χ3v) is 5.99. The number of sulfonamides is 1. The molecule has 26 heavy (non-hydrogen) atoms. The standard InChI is InChI=1S/C17H17Cl2FN2O3S/c1-2-21-17(23)11-22(10-12-3-6-14(20)7-4-12)26(24,25)16-9-13(18)5-8-15(16)19/h3-9H,2,10-11H2,1H3,(H,21,23). The second-order valence-corrected chi connectivity index (χ2v) is 8.18. The summed E-state index contributed by atoms with van der Waals surface area (Å²) in [6.07, 6.45) is 0. The quantitative estimate of drug-likeness (QED) is 0.748. The van der Waals surface area contributed by atoms with E-state index in [1.807, 2.05) is 0 Å². The third kappa shape index (κ3) is 5.17. The molecule has 0 radical (unpaired) electrons. The number of carbonyl (C=O) groups is 1. The number of likely N-dealkylation sites (N-methyl/N-ethyl adjacent to an activating group) is 1. The maximum absolute atomic E-state index is 13.1. The second kappa shape index (κ2) is 8.81. The van der Waals surface area contributed by atoms with Crippen molar-refractivity contribution in [3.63, 3.8) is 0 Å². The topological polar surface area (TPSA) is 66.5 Å². The number of hydrogen-bond acceptors (Lipinski definition) is 3. The summed E-state index contributed by atoms with van der Waals surface area (Å²) in [4.78, 5) is 11.8. The van der Waals surface area contributed by atoms with Gasteiger partial charge in [-0.25, -0.2) is 12.8 Å². The predicted molar refractivity (Wildman–Crippen MR) is 99.1 cm³/mol. The van der Waals surface area contributed by atoms with E-state index in [9.17, 15) is 17.6 Å². The molecule has 2 rings (SSSR count). The van der Waals surface area contributed by atoms with Gasteiger partial charge < -0.3 is 5.32 Å². The molecule has 1 amide bonds. The predicted octanol–water partition coefficient (Wildman–Crippen LogP) is 3.46. The van der Waals surface area contributed by atoms with Crippen molar-refractivity contribution in [2.75, 3.05) is 13.1 Å². The molecule has 2 aromatic carbocycles. The fourth-order valence-electron chi connectivity index (χ4n) is 2.25. The summed E-state index contributed by atoms with van der Waals surface area (Å²) in [6.45, 7) is 1.56. The first kappa shape index (κ1) is 20.6. The van der Waals surface area contributed by atoms with Crippen molar-refractivity contribution in [2.45, 2.75) is 18.4 Å². The van der Waals surface area contributed by atoms with Crippen LogP contribution in [0.4, 0.5) is 4.39 Å². The first-order valence-electron chi connectivity index (χ1n) is 7.70. The van der Waals surface area contributed by atoms with Crippen molar-refractivity contribution in [3.05, 3.63) is 63.9 Å². The van der Waals surface area contributed by atoms with Crippen molar-refractivity contribution in [1.29, 1.82) is 0 Å². The van der Waals surface area contributed by atoms with Gasteiger partial charge in [0.25, 0.3) is 0 Å². The molecule has 0 saturated heterocycles. The van der Waals surface area contributed by atoms with Gasteiger partial charge in [-0.2, -0.15) is 4.31 Å². The van der Waals surface area contributed by atoms with E-state index < -0.39 is 28.3 Å². The highest BCUT2D eigenvalue weighted by Crippen LogP contribution is 2.28. The number of amides is 1. The number of rotatable bonds is 7. The lowest BCUT2D eigenvalue weighted by molar-refractivity contribution is -0.121. The monoisotopic (exact) mass is 418 g/mol. The number of benzene rings is 2. The summed E-state index contributed by atoms with van der Waals surface area (Å²) < 4.78 is 40.2. The van der Waals surface area contributed by atoms with Crippen LogP contribution in [0, 0.1) is 5.82 Å². The van der Waals surface area contributed by atoms with Crippen LogP contribution in [0.3, 0.4) is 0 Å². The van der Waals surface area contributed by atoms with E-state index in [1.165, 1.54) is 42.5 Å². The Balaban J connectivity index is 2.42. The summed E-state index contributed by atoms with van der Waals surface area (Å²) in [5.74, 6) is -0.902. The Morgan fingerprint density at radius 3 is 2.42 bits per heavy atom. The largest absolute Gasteiger partial charge is 0.355 e. The van der Waals surface area contributed by atoms with Gasteiger partial charge in [0.15, 0.2) is 0 Å². The molecule has 0 aliphatic carbocycles. The smallest absolute Gasteiger partial charge is 0.245 e. The molecule has 0 unspecified atom stereocenters. The highest BCUT2D eigenvalue weighted by atomic mass is 35.5. The zero-order chi connectivity index (χ0) is 19.3. The molecule has 140 valence electrons. The molecule has 0 fully saturated rings. The zero-order valence-corrected chi connectivity index (χ0v) is 16.2. The Bertz CT molecular complexity index is 889. The Hall–Kier alpha value is -1.67. The molecule has 0 aliphatic heterocycles. The summed E-state index contributed by atoms with van der Waals surface area (Å²) in [7, 11) is -4.11. The molecule has 0 bridgehead atoms. The van der Waals surface area contributed by atoms with E-state index in [0.717, 1.165) is 4.31 Å². The summed E-state index contributed by atoms with van der Waals surface area (Å²) in [5.41, 5.74) is 0.525. The van der Waals surface area contributed by atoms with Crippen LogP contribution in [0.1, 0.15) is 12.5 Å². The van der Waals surface area contributed by atoms with Crippen LogP contribution in [0.5, 0.6) is 0 Å². The number of nitrogens with zero attached hydrogens (tertiary/aromatic N) is 1. The first-order valence-corrected chi connectivity index (χ1v) is 9.90. The highest BCUT2D eigenvalue weighted by Gasteiger charge is 2.29. The average Bonchev–Trinajstić information content (AvgIpc) is 2.58. The number of carbonyl (C=O) groups excluding carboxylic acids is 1. The Morgan fingerprint density at radius 1 is 1.15 bits per heavy atom. The van der Waals surface area contributed by atoms with E-state index in [0.29, 0.717) is 12.1 Å². The molecular weight excluding hydrogens is 402 g/mol. The Morgan fingerprint density at radius 2 is 1.81 bits per heavy atom. The molecule has 2 aromatic rings. The van der Waals surface area contributed by atoms with Crippen LogP contribution in [0.25, 0.3) is 0 Å². The fourth-order valence-corrected chi connectivity index (χ4v) is 4.37.